The monoisotopic (exact) mass is 263 g/mol. The molecule has 4 heteroatoms. The molecule has 0 amide bonds. The molecule has 0 bridgehead atoms. The number of methoxy groups -OCH3 is 1. The summed E-state index contributed by atoms with van der Waals surface area (Å²) in [6.07, 6.45) is 0.816. The number of aryl methyl sites for hydroxylation is 1. The predicted molar refractivity (Wildman–Crippen MR) is 73.7 cm³/mol. The molecule has 0 aromatic heterocycles. The van der Waals surface area contributed by atoms with E-state index < -0.39 is 11.9 Å². The summed E-state index contributed by atoms with van der Waals surface area (Å²) < 4.78 is 5.40. The van der Waals surface area contributed by atoms with Gasteiger partial charge >= 0.3 is 5.97 Å². The molecule has 0 aliphatic carbocycles. The summed E-state index contributed by atoms with van der Waals surface area (Å²) in [5, 5.41) is 12.7. The van der Waals surface area contributed by atoms with Gasteiger partial charge in [-0.15, -0.1) is 0 Å². The van der Waals surface area contributed by atoms with Gasteiger partial charge in [0.15, 0.2) is 0 Å². The molecule has 4 nitrogen and oxygen atoms in total. The van der Waals surface area contributed by atoms with Crippen LogP contribution in [-0.4, -0.2) is 30.8 Å². The van der Waals surface area contributed by atoms with Crippen molar-refractivity contribution in [2.45, 2.75) is 32.2 Å². The largest absolute Gasteiger partial charge is 0.496 e. The molecule has 2 rings (SSSR count). The number of aliphatic carboxylic acids is 1. The standard InChI is InChI=1S/C15H21NO3/c1-9-4-5-14(19-3)12(6-9)11-7-10(2)16-8-13(11)15(17)18/h4-6,10-11,13,16H,7-8H2,1-3H3,(H,17,18). The Balaban J connectivity index is 2.40. The fourth-order valence-electron chi connectivity index (χ4n) is 2.85. The Kier molecular flexibility index (Phi) is 4.10. The molecule has 1 aliphatic heterocycles. The van der Waals surface area contributed by atoms with E-state index in [0.29, 0.717) is 12.6 Å². The van der Waals surface area contributed by atoms with Gasteiger partial charge in [-0.2, -0.15) is 0 Å². The number of hydrogen-bond acceptors (Lipinski definition) is 3. The van der Waals surface area contributed by atoms with E-state index in [1.165, 1.54) is 0 Å². The van der Waals surface area contributed by atoms with Crippen LogP contribution in [0.1, 0.15) is 30.4 Å². The molecule has 3 atom stereocenters. The van der Waals surface area contributed by atoms with Crippen molar-refractivity contribution >= 4 is 5.97 Å². The number of ether oxygens (including phenoxy) is 1. The van der Waals surface area contributed by atoms with Crippen LogP contribution in [-0.2, 0) is 4.79 Å². The molecule has 1 aromatic rings. The predicted octanol–water partition coefficient (Wildman–Crippen LogP) is 2.17. The topological polar surface area (TPSA) is 58.6 Å². The first-order valence-electron chi connectivity index (χ1n) is 6.63. The van der Waals surface area contributed by atoms with Crippen LogP contribution in [0.25, 0.3) is 0 Å². The van der Waals surface area contributed by atoms with Crippen LogP contribution < -0.4 is 10.1 Å². The zero-order chi connectivity index (χ0) is 14.0. The summed E-state index contributed by atoms with van der Waals surface area (Å²) in [5.74, 6) is -0.348. The van der Waals surface area contributed by atoms with Crippen LogP contribution in [0.4, 0.5) is 0 Å². The minimum Gasteiger partial charge on any atom is -0.496 e. The lowest BCUT2D eigenvalue weighted by molar-refractivity contribution is -0.143. The maximum atomic E-state index is 11.4. The van der Waals surface area contributed by atoms with Crippen LogP contribution in [0, 0.1) is 12.8 Å². The maximum absolute atomic E-state index is 11.4. The van der Waals surface area contributed by atoms with Crippen LogP contribution >= 0.6 is 0 Å². The Labute approximate surface area is 113 Å². The highest BCUT2D eigenvalue weighted by Gasteiger charge is 2.35. The first-order chi connectivity index (χ1) is 9.02. The van der Waals surface area contributed by atoms with Gasteiger partial charge in [0.2, 0.25) is 0 Å². The number of carbonyl (C=O) groups is 1. The Bertz CT molecular complexity index is 472. The van der Waals surface area contributed by atoms with E-state index >= 15 is 0 Å². The average Bonchev–Trinajstić information content (AvgIpc) is 2.38. The van der Waals surface area contributed by atoms with Crippen LogP contribution in [0.3, 0.4) is 0 Å². The Morgan fingerprint density at radius 2 is 2.21 bits per heavy atom. The van der Waals surface area contributed by atoms with E-state index in [0.717, 1.165) is 23.3 Å². The van der Waals surface area contributed by atoms with Crippen LogP contribution in [0.15, 0.2) is 18.2 Å². The Morgan fingerprint density at radius 1 is 1.47 bits per heavy atom. The number of rotatable bonds is 3. The number of nitrogens with one attached hydrogen (secondary N) is 1. The molecular weight excluding hydrogens is 242 g/mol. The number of hydrogen-bond donors (Lipinski definition) is 2. The third-order valence-corrected chi connectivity index (χ3v) is 3.88. The maximum Gasteiger partial charge on any atom is 0.308 e. The molecule has 19 heavy (non-hydrogen) atoms. The molecule has 0 radical (unpaired) electrons. The molecule has 1 aromatic carbocycles. The van der Waals surface area contributed by atoms with Gasteiger partial charge in [-0.3, -0.25) is 4.79 Å². The molecule has 1 heterocycles. The van der Waals surface area contributed by atoms with Gasteiger partial charge in [0.05, 0.1) is 13.0 Å². The third kappa shape index (κ3) is 2.89. The van der Waals surface area contributed by atoms with Crippen molar-refractivity contribution < 1.29 is 14.6 Å². The first kappa shape index (κ1) is 13.9. The number of piperidine rings is 1. The highest BCUT2D eigenvalue weighted by molar-refractivity contribution is 5.72. The molecule has 3 unspecified atom stereocenters. The summed E-state index contributed by atoms with van der Waals surface area (Å²) in [6, 6.07) is 6.29. The van der Waals surface area contributed by atoms with E-state index in [1.54, 1.807) is 7.11 Å². The zero-order valence-electron chi connectivity index (χ0n) is 11.6. The van der Waals surface area contributed by atoms with Gasteiger partial charge < -0.3 is 15.2 Å². The van der Waals surface area contributed by atoms with Crippen molar-refractivity contribution in [2.24, 2.45) is 5.92 Å². The zero-order valence-corrected chi connectivity index (χ0v) is 11.6. The third-order valence-electron chi connectivity index (χ3n) is 3.88. The normalized spacial score (nSPS) is 27.0. The lowest BCUT2D eigenvalue weighted by atomic mass is 9.78. The molecule has 104 valence electrons. The molecule has 1 fully saturated rings. The average molecular weight is 263 g/mol. The summed E-state index contributed by atoms with van der Waals surface area (Å²) >= 11 is 0. The second-order valence-electron chi connectivity index (χ2n) is 5.34. The fraction of sp³-hybridized carbons (Fsp3) is 0.533. The van der Waals surface area contributed by atoms with E-state index in [-0.39, 0.29) is 5.92 Å². The van der Waals surface area contributed by atoms with Crippen molar-refractivity contribution in [2.75, 3.05) is 13.7 Å². The lowest BCUT2D eigenvalue weighted by Gasteiger charge is -2.34. The first-order valence-corrected chi connectivity index (χ1v) is 6.63. The van der Waals surface area contributed by atoms with Gasteiger partial charge in [0.25, 0.3) is 0 Å². The van der Waals surface area contributed by atoms with Crippen molar-refractivity contribution in [1.82, 2.24) is 5.32 Å². The van der Waals surface area contributed by atoms with E-state index in [4.69, 9.17) is 4.74 Å². The van der Waals surface area contributed by atoms with Crippen molar-refractivity contribution in [3.63, 3.8) is 0 Å². The van der Waals surface area contributed by atoms with Crippen molar-refractivity contribution in [1.29, 1.82) is 0 Å². The molecule has 1 saturated heterocycles. The Hall–Kier alpha value is -1.55. The smallest absolute Gasteiger partial charge is 0.308 e. The molecule has 2 N–H and O–H groups in total. The van der Waals surface area contributed by atoms with Gasteiger partial charge in [-0.05, 0) is 31.9 Å². The SMILES string of the molecule is COc1ccc(C)cc1C1CC(C)NCC1C(=O)O. The van der Waals surface area contributed by atoms with Crippen molar-refractivity contribution in [3.05, 3.63) is 29.3 Å². The summed E-state index contributed by atoms with van der Waals surface area (Å²) in [5.41, 5.74) is 2.15. The van der Waals surface area contributed by atoms with E-state index in [1.807, 2.05) is 19.1 Å². The van der Waals surface area contributed by atoms with Gasteiger partial charge in [0, 0.05) is 18.5 Å². The fourth-order valence-corrected chi connectivity index (χ4v) is 2.85. The summed E-state index contributed by atoms with van der Waals surface area (Å²) in [4.78, 5) is 11.4. The van der Waals surface area contributed by atoms with Crippen LogP contribution in [0.2, 0.25) is 0 Å². The van der Waals surface area contributed by atoms with Gasteiger partial charge in [0.1, 0.15) is 5.75 Å². The minimum atomic E-state index is -0.743. The van der Waals surface area contributed by atoms with Crippen molar-refractivity contribution in [3.8, 4) is 5.75 Å². The summed E-state index contributed by atoms with van der Waals surface area (Å²) in [6.45, 7) is 4.62. The van der Waals surface area contributed by atoms with E-state index in [9.17, 15) is 9.90 Å². The number of carboxylic acids is 1. The molecule has 0 spiro atoms. The second-order valence-corrected chi connectivity index (χ2v) is 5.34. The molecule has 0 saturated carbocycles. The van der Waals surface area contributed by atoms with Crippen LogP contribution in [0.5, 0.6) is 5.75 Å². The second kappa shape index (κ2) is 5.61. The lowest BCUT2D eigenvalue weighted by Crippen LogP contribution is -2.44. The highest BCUT2D eigenvalue weighted by Crippen LogP contribution is 2.38. The quantitative estimate of drug-likeness (QED) is 0.877. The molecular formula is C15H21NO3. The number of carboxylic acid groups (broad SMARTS) is 1. The number of benzene rings is 1. The highest BCUT2D eigenvalue weighted by atomic mass is 16.5. The van der Waals surface area contributed by atoms with Gasteiger partial charge in [-0.25, -0.2) is 0 Å². The molecule has 1 aliphatic rings. The Morgan fingerprint density at radius 3 is 2.84 bits per heavy atom. The minimum absolute atomic E-state index is 0.00333. The summed E-state index contributed by atoms with van der Waals surface area (Å²) in [7, 11) is 1.63. The van der Waals surface area contributed by atoms with Gasteiger partial charge in [-0.1, -0.05) is 17.7 Å². The van der Waals surface area contributed by atoms with E-state index in [2.05, 4.69) is 18.3 Å².